The first kappa shape index (κ1) is 14.5. The van der Waals surface area contributed by atoms with E-state index in [2.05, 4.69) is 9.97 Å². The number of H-pyrrole nitrogens is 1. The van der Waals surface area contributed by atoms with E-state index in [0.29, 0.717) is 22.8 Å². The molecular formula is C18H13N3O2. The number of benzene rings is 2. The van der Waals surface area contributed by atoms with Gasteiger partial charge in [-0.05, 0) is 12.1 Å². The summed E-state index contributed by atoms with van der Waals surface area (Å²) in [6, 6.07) is 18.4. The Bertz CT molecular complexity index is 940. The zero-order chi connectivity index (χ0) is 16.2. The molecule has 0 radical (unpaired) electrons. The number of methoxy groups -OCH3 is 1. The van der Waals surface area contributed by atoms with Gasteiger partial charge in [0.2, 0.25) is 0 Å². The molecule has 0 saturated heterocycles. The van der Waals surface area contributed by atoms with Crippen LogP contribution in [0.15, 0.2) is 59.4 Å². The van der Waals surface area contributed by atoms with Crippen molar-refractivity contribution in [2.75, 3.05) is 7.11 Å². The molecule has 0 bridgehead atoms. The van der Waals surface area contributed by atoms with Gasteiger partial charge in [0, 0.05) is 11.1 Å². The second kappa shape index (κ2) is 6.16. The molecule has 0 amide bonds. The smallest absolute Gasteiger partial charge is 0.269 e. The molecule has 0 saturated carbocycles. The first-order valence-corrected chi connectivity index (χ1v) is 6.98. The van der Waals surface area contributed by atoms with Gasteiger partial charge in [-0.15, -0.1) is 0 Å². The van der Waals surface area contributed by atoms with Gasteiger partial charge in [0.05, 0.1) is 12.8 Å². The zero-order valence-electron chi connectivity index (χ0n) is 12.4. The van der Waals surface area contributed by atoms with E-state index in [-0.39, 0.29) is 5.56 Å². The number of nitrogens with one attached hydrogen (secondary N) is 1. The molecule has 0 unspecified atom stereocenters. The average molecular weight is 303 g/mol. The molecule has 112 valence electrons. The van der Waals surface area contributed by atoms with Crippen molar-refractivity contribution in [3.05, 3.63) is 70.5 Å². The number of hydrogen-bond acceptors (Lipinski definition) is 4. The number of nitriles is 1. The summed E-state index contributed by atoms with van der Waals surface area (Å²) in [5, 5.41) is 9.33. The van der Waals surface area contributed by atoms with E-state index >= 15 is 0 Å². The van der Waals surface area contributed by atoms with Crippen molar-refractivity contribution >= 4 is 0 Å². The van der Waals surface area contributed by atoms with Crippen LogP contribution in [0, 0.1) is 11.3 Å². The Kier molecular flexibility index (Phi) is 3.89. The van der Waals surface area contributed by atoms with Gasteiger partial charge < -0.3 is 9.72 Å². The van der Waals surface area contributed by atoms with Crippen LogP contribution in [-0.2, 0) is 0 Å². The molecule has 0 spiro atoms. The van der Waals surface area contributed by atoms with E-state index in [1.807, 2.05) is 48.5 Å². The van der Waals surface area contributed by atoms with Gasteiger partial charge in [-0.1, -0.05) is 42.5 Å². The second-order valence-corrected chi connectivity index (χ2v) is 4.82. The average Bonchev–Trinajstić information content (AvgIpc) is 2.61. The Hall–Kier alpha value is -3.39. The van der Waals surface area contributed by atoms with E-state index in [0.717, 1.165) is 5.56 Å². The summed E-state index contributed by atoms with van der Waals surface area (Å²) in [6.45, 7) is 0. The first-order chi connectivity index (χ1) is 11.2. The highest BCUT2D eigenvalue weighted by Crippen LogP contribution is 2.30. The maximum Gasteiger partial charge on any atom is 0.269 e. The topological polar surface area (TPSA) is 78.8 Å². The van der Waals surface area contributed by atoms with Crippen LogP contribution >= 0.6 is 0 Å². The highest BCUT2D eigenvalue weighted by atomic mass is 16.5. The predicted octanol–water partition coefficient (Wildman–Crippen LogP) is 2.98. The Morgan fingerprint density at radius 3 is 2.48 bits per heavy atom. The Morgan fingerprint density at radius 1 is 1.09 bits per heavy atom. The number of nitrogens with zero attached hydrogens (tertiary/aromatic N) is 2. The van der Waals surface area contributed by atoms with Crippen LogP contribution in [0.5, 0.6) is 5.75 Å². The van der Waals surface area contributed by atoms with Crippen molar-refractivity contribution in [1.29, 1.82) is 5.26 Å². The van der Waals surface area contributed by atoms with E-state index in [9.17, 15) is 10.1 Å². The summed E-state index contributed by atoms with van der Waals surface area (Å²) in [5.41, 5.74) is 1.18. The summed E-state index contributed by atoms with van der Waals surface area (Å²) < 4.78 is 5.32. The van der Waals surface area contributed by atoms with E-state index in [1.165, 1.54) is 7.11 Å². The predicted molar refractivity (Wildman–Crippen MR) is 87.0 cm³/mol. The number of para-hydroxylation sites is 1. The summed E-state index contributed by atoms with van der Waals surface area (Å²) in [5.74, 6) is 0.969. The van der Waals surface area contributed by atoms with Crippen LogP contribution in [-0.4, -0.2) is 17.1 Å². The molecule has 5 nitrogen and oxygen atoms in total. The molecule has 1 aromatic heterocycles. The summed E-state index contributed by atoms with van der Waals surface area (Å²) in [7, 11) is 1.54. The van der Waals surface area contributed by atoms with E-state index in [4.69, 9.17) is 4.74 Å². The van der Waals surface area contributed by atoms with Crippen LogP contribution in [0.1, 0.15) is 5.56 Å². The van der Waals surface area contributed by atoms with Crippen molar-refractivity contribution in [1.82, 2.24) is 9.97 Å². The molecule has 0 aliphatic carbocycles. The van der Waals surface area contributed by atoms with Crippen LogP contribution < -0.4 is 10.3 Å². The largest absolute Gasteiger partial charge is 0.496 e. The molecule has 0 fully saturated rings. The second-order valence-electron chi connectivity index (χ2n) is 4.82. The maximum atomic E-state index is 12.3. The van der Waals surface area contributed by atoms with Gasteiger partial charge in [0.15, 0.2) is 0 Å². The van der Waals surface area contributed by atoms with Gasteiger partial charge in [0.25, 0.3) is 5.56 Å². The number of hydrogen-bond donors (Lipinski definition) is 1. The third-order valence-electron chi connectivity index (χ3n) is 3.44. The zero-order valence-corrected chi connectivity index (χ0v) is 12.4. The lowest BCUT2D eigenvalue weighted by Gasteiger charge is -2.10. The number of aromatic nitrogens is 2. The lowest BCUT2D eigenvalue weighted by Crippen LogP contribution is -2.15. The van der Waals surface area contributed by atoms with Crippen molar-refractivity contribution in [3.63, 3.8) is 0 Å². The molecule has 0 aliphatic heterocycles. The van der Waals surface area contributed by atoms with E-state index < -0.39 is 5.56 Å². The Morgan fingerprint density at radius 2 is 1.78 bits per heavy atom. The lowest BCUT2D eigenvalue weighted by atomic mass is 10.1. The molecule has 3 aromatic rings. The van der Waals surface area contributed by atoms with Gasteiger partial charge in [0.1, 0.15) is 23.2 Å². The fourth-order valence-electron chi connectivity index (χ4n) is 2.34. The highest BCUT2D eigenvalue weighted by Gasteiger charge is 2.17. The molecule has 1 N–H and O–H groups in total. The summed E-state index contributed by atoms with van der Waals surface area (Å²) >= 11 is 0. The van der Waals surface area contributed by atoms with Gasteiger partial charge in [-0.25, -0.2) is 4.98 Å². The molecule has 1 heterocycles. The molecule has 0 atom stereocenters. The molecule has 0 aliphatic rings. The van der Waals surface area contributed by atoms with E-state index in [1.54, 1.807) is 12.1 Å². The minimum atomic E-state index is -0.470. The minimum absolute atomic E-state index is 0.0332. The van der Waals surface area contributed by atoms with Crippen molar-refractivity contribution in [3.8, 4) is 34.5 Å². The summed E-state index contributed by atoms with van der Waals surface area (Å²) in [4.78, 5) is 19.4. The fraction of sp³-hybridized carbons (Fsp3) is 0.0556. The number of aromatic amines is 1. The Labute approximate surface area is 132 Å². The monoisotopic (exact) mass is 303 g/mol. The van der Waals surface area contributed by atoms with Crippen LogP contribution in [0.25, 0.3) is 22.6 Å². The quantitative estimate of drug-likeness (QED) is 0.806. The maximum absolute atomic E-state index is 12.3. The highest BCUT2D eigenvalue weighted by molar-refractivity contribution is 5.73. The van der Waals surface area contributed by atoms with Gasteiger partial charge in [-0.2, -0.15) is 5.26 Å². The Balaban J connectivity index is 2.30. The fourth-order valence-corrected chi connectivity index (χ4v) is 2.34. The molecule has 23 heavy (non-hydrogen) atoms. The van der Waals surface area contributed by atoms with Crippen LogP contribution in [0.3, 0.4) is 0 Å². The van der Waals surface area contributed by atoms with Crippen LogP contribution in [0.2, 0.25) is 0 Å². The van der Waals surface area contributed by atoms with Crippen molar-refractivity contribution < 1.29 is 4.74 Å². The SMILES string of the molecule is COc1ccccc1-c1nc(-c2ccccc2)[nH]c(=O)c1C#N. The molecule has 5 heteroatoms. The van der Waals surface area contributed by atoms with Gasteiger partial charge in [-0.3, -0.25) is 4.79 Å². The summed E-state index contributed by atoms with van der Waals surface area (Å²) in [6.07, 6.45) is 0. The minimum Gasteiger partial charge on any atom is -0.496 e. The van der Waals surface area contributed by atoms with Crippen LogP contribution in [0.4, 0.5) is 0 Å². The number of rotatable bonds is 3. The van der Waals surface area contributed by atoms with Crippen molar-refractivity contribution in [2.24, 2.45) is 0 Å². The normalized spacial score (nSPS) is 10.1. The molecule has 2 aromatic carbocycles. The molecule has 3 rings (SSSR count). The molecular weight excluding hydrogens is 290 g/mol. The van der Waals surface area contributed by atoms with Gasteiger partial charge >= 0.3 is 0 Å². The third kappa shape index (κ3) is 2.70. The lowest BCUT2D eigenvalue weighted by molar-refractivity contribution is 0.416. The first-order valence-electron chi connectivity index (χ1n) is 6.98. The van der Waals surface area contributed by atoms with Crippen molar-refractivity contribution in [2.45, 2.75) is 0 Å². The standard InChI is InChI=1S/C18H13N3O2/c1-23-15-10-6-5-9-13(15)16-14(11-19)18(22)21-17(20-16)12-7-3-2-4-8-12/h2-10H,1H3,(H,20,21,22). The number of ether oxygens (including phenoxy) is 1. The third-order valence-corrected chi connectivity index (χ3v) is 3.44.